The fourth-order valence-corrected chi connectivity index (χ4v) is 3.01. The van der Waals surface area contributed by atoms with Crippen LogP contribution in [0.4, 0.5) is 11.5 Å². The summed E-state index contributed by atoms with van der Waals surface area (Å²) in [5.41, 5.74) is 5.77. The third-order valence-corrected chi connectivity index (χ3v) is 4.35. The number of benzene rings is 1. The molecule has 1 aromatic carbocycles. The molecule has 0 radical (unpaired) electrons. The first-order valence-electron chi connectivity index (χ1n) is 5.08. The summed E-state index contributed by atoms with van der Waals surface area (Å²) < 4.78 is 27.4. The molecule has 0 atom stereocenters. The summed E-state index contributed by atoms with van der Waals surface area (Å²) in [7, 11) is -3.82. The van der Waals surface area contributed by atoms with Gasteiger partial charge in [-0.2, -0.15) is 0 Å². The number of rotatable bonds is 3. The van der Waals surface area contributed by atoms with E-state index in [1.54, 1.807) is 6.07 Å². The molecule has 0 spiro atoms. The maximum Gasteiger partial charge on any atom is 0.265 e. The number of pyridine rings is 1. The van der Waals surface area contributed by atoms with Gasteiger partial charge in [-0.1, -0.05) is 11.6 Å². The summed E-state index contributed by atoms with van der Waals surface area (Å²) in [6.07, 6.45) is 1.49. The SMILES string of the molecule is Nc1ccc(Cl)cc1S(=O)(=O)Nc1ccc(Br)cn1. The van der Waals surface area contributed by atoms with E-state index < -0.39 is 10.0 Å². The molecule has 100 valence electrons. The summed E-state index contributed by atoms with van der Waals surface area (Å²) in [5, 5.41) is 0.290. The molecule has 5 nitrogen and oxygen atoms in total. The summed E-state index contributed by atoms with van der Waals surface area (Å²) in [5.74, 6) is 0.197. The van der Waals surface area contributed by atoms with Crippen LogP contribution in [-0.2, 0) is 10.0 Å². The highest BCUT2D eigenvalue weighted by atomic mass is 79.9. The van der Waals surface area contributed by atoms with Crippen LogP contribution in [0, 0.1) is 0 Å². The van der Waals surface area contributed by atoms with Crippen LogP contribution in [0.3, 0.4) is 0 Å². The van der Waals surface area contributed by atoms with Crippen LogP contribution < -0.4 is 10.5 Å². The molecular formula is C11H9BrClN3O2S. The monoisotopic (exact) mass is 361 g/mol. The molecule has 0 fully saturated rings. The molecular weight excluding hydrogens is 354 g/mol. The highest BCUT2D eigenvalue weighted by molar-refractivity contribution is 9.10. The number of nitrogens with zero attached hydrogens (tertiary/aromatic N) is 1. The first-order valence-corrected chi connectivity index (χ1v) is 7.73. The third kappa shape index (κ3) is 3.37. The molecule has 2 rings (SSSR count). The highest BCUT2D eigenvalue weighted by Gasteiger charge is 2.18. The molecule has 0 aliphatic carbocycles. The zero-order valence-corrected chi connectivity index (χ0v) is 12.6. The second kappa shape index (κ2) is 5.36. The lowest BCUT2D eigenvalue weighted by Crippen LogP contribution is -2.15. The average Bonchev–Trinajstić information content (AvgIpc) is 2.35. The van der Waals surface area contributed by atoms with E-state index in [1.807, 2.05) is 0 Å². The van der Waals surface area contributed by atoms with Crippen LogP contribution in [0.2, 0.25) is 5.02 Å². The van der Waals surface area contributed by atoms with Gasteiger partial charge in [0.25, 0.3) is 10.0 Å². The average molecular weight is 363 g/mol. The van der Waals surface area contributed by atoms with Crippen molar-refractivity contribution in [1.29, 1.82) is 0 Å². The Hall–Kier alpha value is -1.31. The molecule has 0 saturated carbocycles. The Morgan fingerprint density at radius 1 is 1.26 bits per heavy atom. The maximum absolute atomic E-state index is 12.2. The van der Waals surface area contributed by atoms with Crippen LogP contribution >= 0.6 is 27.5 Å². The van der Waals surface area contributed by atoms with Crippen molar-refractivity contribution in [2.24, 2.45) is 0 Å². The minimum atomic E-state index is -3.82. The lowest BCUT2D eigenvalue weighted by Gasteiger charge is -2.09. The standard InChI is InChI=1S/C11H9BrClN3O2S/c12-7-1-4-11(15-6-7)16-19(17,18)10-5-8(13)2-3-9(10)14/h1-6H,14H2,(H,15,16). The second-order valence-corrected chi connectivity index (χ2v) is 6.65. The first-order chi connectivity index (χ1) is 8.88. The van der Waals surface area contributed by atoms with Crippen LogP contribution in [0.1, 0.15) is 0 Å². The van der Waals surface area contributed by atoms with E-state index in [0.29, 0.717) is 5.02 Å². The van der Waals surface area contributed by atoms with Crippen molar-refractivity contribution in [3.63, 3.8) is 0 Å². The summed E-state index contributed by atoms with van der Waals surface area (Å²) in [4.78, 5) is 3.85. The van der Waals surface area contributed by atoms with Crippen LogP contribution in [0.25, 0.3) is 0 Å². The van der Waals surface area contributed by atoms with Gasteiger partial charge in [0.2, 0.25) is 0 Å². The number of aromatic nitrogens is 1. The van der Waals surface area contributed by atoms with Crippen molar-refractivity contribution in [3.05, 3.63) is 46.0 Å². The fourth-order valence-electron chi connectivity index (χ4n) is 1.37. The Morgan fingerprint density at radius 2 is 2.00 bits per heavy atom. The smallest absolute Gasteiger partial charge is 0.265 e. The topological polar surface area (TPSA) is 85.1 Å². The van der Waals surface area contributed by atoms with E-state index in [-0.39, 0.29) is 16.4 Å². The van der Waals surface area contributed by atoms with Gasteiger partial charge in [0.15, 0.2) is 0 Å². The van der Waals surface area contributed by atoms with Crippen LogP contribution in [0.15, 0.2) is 45.9 Å². The van der Waals surface area contributed by atoms with Gasteiger partial charge in [-0.05, 0) is 46.3 Å². The maximum atomic E-state index is 12.2. The van der Waals surface area contributed by atoms with Gasteiger partial charge in [0.1, 0.15) is 10.7 Å². The van der Waals surface area contributed by atoms with E-state index in [1.165, 1.54) is 30.5 Å². The number of hydrogen-bond acceptors (Lipinski definition) is 4. The second-order valence-electron chi connectivity index (χ2n) is 3.65. The van der Waals surface area contributed by atoms with Crippen molar-refractivity contribution in [3.8, 4) is 0 Å². The molecule has 0 aliphatic rings. The van der Waals surface area contributed by atoms with Crippen molar-refractivity contribution in [2.75, 3.05) is 10.5 Å². The lowest BCUT2D eigenvalue weighted by molar-refractivity contribution is 0.601. The zero-order valence-electron chi connectivity index (χ0n) is 9.47. The first kappa shape index (κ1) is 14.1. The largest absolute Gasteiger partial charge is 0.398 e. The number of nitrogen functional groups attached to an aromatic ring is 1. The van der Waals surface area contributed by atoms with Crippen molar-refractivity contribution < 1.29 is 8.42 Å². The molecule has 0 bridgehead atoms. The molecule has 2 aromatic rings. The summed E-state index contributed by atoms with van der Waals surface area (Å²) in [6, 6.07) is 7.45. The lowest BCUT2D eigenvalue weighted by atomic mass is 10.3. The number of hydrogen-bond donors (Lipinski definition) is 2. The fraction of sp³-hybridized carbons (Fsp3) is 0. The van der Waals surface area contributed by atoms with Crippen molar-refractivity contribution >= 4 is 49.1 Å². The Labute approximate surface area is 124 Å². The number of sulfonamides is 1. The molecule has 8 heteroatoms. The Balaban J connectivity index is 2.37. The van der Waals surface area contributed by atoms with Crippen LogP contribution in [-0.4, -0.2) is 13.4 Å². The minimum absolute atomic E-state index is 0.0790. The number of anilines is 2. The molecule has 19 heavy (non-hydrogen) atoms. The highest BCUT2D eigenvalue weighted by Crippen LogP contribution is 2.24. The number of nitrogens with two attached hydrogens (primary N) is 1. The van der Waals surface area contributed by atoms with Gasteiger partial charge in [-0.3, -0.25) is 4.72 Å². The molecule has 0 saturated heterocycles. The van der Waals surface area contributed by atoms with Crippen LogP contribution in [0.5, 0.6) is 0 Å². The Morgan fingerprint density at radius 3 is 2.63 bits per heavy atom. The van der Waals surface area contributed by atoms with Crippen molar-refractivity contribution in [1.82, 2.24) is 4.98 Å². The summed E-state index contributed by atoms with van der Waals surface area (Å²) in [6.45, 7) is 0. The van der Waals surface area contributed by atoms with Gasteiger partial charge < -0.3 is 5.73 Å². The molecule has 1 heterocycles. The van der Waals surface area contributed by atoms with Gasteiger partial charge in [0.05, 0.1) is 5.69 Å². The predicted octanol–water partition coefficient (Wildman–Crippen LogP) is 2.88. The molecule has 0 amide bonds. The number of nitrogens with one attached hydrogen (secondary N) is 1. The Bertz CT molecular complexity index is 704. The van der Waals surface area contributed by atoms with Gasteiger partial charge in [-0.25, -0.2) is 13.4 Å². The molecule has 1 aromatic heterocycles. The third-order valence-electron chi connectivity index (χ3n) is 2.23. The van der Waals surface area contributed by atoms with Crippen molar-refractivity contribution in [2.45, 2.75) is 4.90 Å². The van der Waals surface area contributed by atoms with E-state index in [2.05, 4.69) is 25.6 Å². The zero-order chi connectivity index (χ0) is 14.0. The van der Waals surface area contributed by atoms with E-state index >= 15 is 0 Å². The minimum Gasteiger partial charge on any atom is -0.398 e. The normalized spacial score (nSPS) is 11.3. The molecule has 0 aliphatic heterocycles. The quantitative estimate of drug-likeness (QED) is 0.822. The van der Waals surface area contributed by atoms with Gasteiger partial charge >= 0.3 is 0 Å². The molecule has 3 N–H and O–H groups in total. The summed E-state index contributed by atoms with van der Waals surface area (Å²) >= 11 is 8.99. The van der Waals surface area contributed by atoms with E-state index in [9.17, 15) is 8.42 Å². The predicted molar refractivity (Wildman–Crippen MR) is 78.6 cm³/mol. The van der Waals surface area contributed by atoms with Gasteiger partial charge in [-0.15, -0.1) is 0 Å². The van der Waals surface area contributed by atoms with E-state index in [4.69, 9.17) is 17.3 Å². The van der Waals surface area contributed by atoms with E-state index in [0.717, 1.165) is 4.47 Å². The van der Waals surface area contributed by atoms with Gasteiger partial charge in [0, 0.05) is 15.7 Å². The Kier molecular flexibility index (Phi) is 3.98. The number of halogens is 2. The molecule has 0 unspecified atom stereocenters.